The van der Waals surface area contributed by atoms with Crippen LogP contribution in [0.2, 0.25) is 0 Å². The summed E-state index contributed by atoms with van der Waals surface area (Å²) in [6, 6.07) is 2.51. The molecule has 0 unspecified atom stereocenters. The zero-order chi connectivity index (χ0) is 20.4. The largest absolute Gasteiger partial charge is 0.548 e. The Morgan fingerprint density at radius 2 is 1.89 bits per heavy atom. The average molecular weight is 386 g/mol. The van der Waals surface area contributed by atoms with Gasteiger partial charge in [-0.05, 0) is 56.2 Å². The third kappa shape index (κ3) is 3.88. The molecule has 150 valence electrons. The van der Waals surface area contributed by atoms with Crippen molar-refractivity contribution in [3.8, 4) is 5.75 Å². The lowest BCUT2D eigenvalue weighted by molar-refractivity contribution is -0.309. The van der Waals surface area contributed by atoms with Gasteiger partial charge in [0.1, 0.15) is 11.3 Å². The van der Waals surface area contributed by atoms with Gasteiger partial charge in [-0.25, -0.2) is 4.79 Å². The van der Waals surface area contributed by atoms with E-state index in [2.05, 4.69) is 5.32 Å². The maximum absolute atomic E-state index is 12.3. The Labute approximate surface area is 162 Å². The number of aryl methyl sites for hydroxylation is 2. The number of hydrogen-bond donors (Lipinski definition) is 1. The summed E-state index contributed by atoms with van der Waals surface area (Å²) in [7, 11) is 0. The fourth-order valence-corrected chi connectivity index (χ4v) is 3.64. The molecule has 3 rings (SSSR count). The van der Waals surface area contributed by atoms with Crippen LogP contribution >= 0.6 is 0 Å². The van der Waals surface area contributed by atoms with E-state index in [1.807, 2.05) is 6.07 Å². The van der Waals surface area contributed by atoms with E-state index in [1.54, 1.807) is 26.8 Å². The minimum absolute atomic E-state index is 0.309. The topological polar surface area (TPSA) is 109 Å². The van der Waals surface area contributed by atoms with Crippen LogP contribution in [-0.4, -0.2) is 24.5 Å². The fraction of sp³-hybridized carbons (Fsp3) is 0.476. The Morgan fingerprint density at radius 3 is 2.54 bits per heavy atom. The van der Waals surface area contributed by atoms with Crippen molar-refractivity contribution in [1.29, 1.82) is 0 Å². The van der Waals surface area contributed by atoms with Crippen LogP contribution in [0.5, 0.6) is 5.75 Å². The third-order valence-electron chi connectivity index (χ3n) is 5.19. The molecule has 1 aliphatic rings. The first-order chi connectivity index (χ1) is 13.3. The number of carbonyl (C=O) groups is 2. The Hall–Kier alpha value is -2.83. The van der Waals surface area contributed by atoms with Crippen LogP contribution in [0.1, 0.15) is 43.4 Å². The van der Waals surface area contributed by atoms with E-state index in [-0.39, 0.29) is 18.2 Å². The Balaban J connectivity index is 1.81. The molecule has 7 heteroatoms. The van der Waals surface area contributed by atoms with Gasteiger partial charge in [0.2, 0.25) is 0 Å². The first-order valence-corrected chi connectivity index (χ1v) is 9.50. The second-order valence-electron chi connectivity index (χ2n) is 7.52. The molecule has 1 aromatic carbocycles. The number of ether oxygens (including phenoxy) is 1. The molecule has 1 N–H and O–H groups in total. The van der Waals surface area contributed by atoms with E-state index in [0.29, 0.717) is 16.9 Å². The van der Waals surface area contributed by atoms with Gasteiger partial charge >= 0.3 is 5.63 Å². The van der Waals surface area contributed by atoms with E-state index < -0.39 is 17.9 Å². The smallest absolute Gasteiger partial charge is 0.339 e. The number of carbonyl (C=O) groups excluding carboxylic acids is 2. The summed E-state index contributed by atoms with van der Waals surface area (Å²) in [6.07, 6.45) is 3.61. The molecule has 1 amide bonds. The number of aliphatic carboxylic acids is 1. The fourth-order valence-electron chi connectivity index (χ4n) is 3.64. The summed E-state index contributed by atoms with van der Waals surface area (Å²) in [4.78, 5) is 35.5. The van der Waals surface area contributed by atoms with E-state index in [1.165, 1.54) is 0 Å². The first-order valence-electron chi connectivity index (χ1n) is 9.50. The lowest BCUT2D eigenvalue weighted by atomic mass is 9.90. The highest BCUT2D eigenvalue weighted by atomic mass is 16.5. The van der Waals surface area contributed by atoms with Gasteiger partial charge in [0.15, 0.2) is 6.61 Å². The number of hydrogen-bond acceptors (Lipinski definition) is 6. The molecule has 0 radical (unpaired) electrons. The molecule has 0 aliphatic heterocycles. The molecule has 0 saturated heterocycles. The van der Waals surface area contributed by atoms with Crippen molar-refractivity contribution in [2.75, 3.05) is 6.61 Å². The number of carboxylic acids is 1. The van der Waals surface area contributed by atoms with Crippen LogP contribution in [0.3, 0.4) is 0 Å². The molecule has 0 fully saturated rings. The van der Waals surface area contributed by atoms with Crippen LogP contribution in [-0.2, 0) is 22.4 Å². The molecular weight excluding hydrogens is 362 g/mol. The molecule has 0 spiro atoms. The zero-order valence-electron chi connectivity index (χ0n) is 16.3. The van der Waals surface area contributed by atoms with E-state index in [9.17, 15) is 19.5 Å². The van der Waals surface area contributed by atoms with Crippen LogP contribution in [0.25, 0.3) is 11.0 Å². The maximum atomic E-state index is 12.3. The maximum Gasteiger partial charge on any atom is 0.339 e. The van der Waals surface area contributed by atoms with Crippen LogP contribution in [0.15, 0.2) is 21.3 Å². The predicted octanol–water partition coefficient (Wildman–Crippen LogP) is 1.25. The van der Waals surface area contributed by atoms with Gasteiger partial charge in [0.25, 0.3) is 5.91 Å². The predicted molar refractivity (Wildman–Crippen MR) is 101 cm³/mol. The monoisotopic (exact) mass is 386 g/mol. The van der Waals surface area contributed by atoms with Gasteiger partial charge in [0.05, 0.1) is 12.0 Å². The standard InChI is InChI=1S/C21H25NO6/c1-11(2)18(20(24)25)22-17(23)10-27-16-9-8-14-13-6-4-5-7-15(13)21(26)28-19(14)12(16)3/h8-9,11,18H,4-7,10H2,1-3H3,(H,22,23)(H,24,25)/p-1/t18-/m0/s1. The van der Waals surface area contributed by atoms with Gasteiger partial charge < -0.3 is 24.4 Å². The van der Waals surface area contributed by atoms with Crippen molar-refractivity contribution < 1.29 is 23.8 Å². The molecule has 2 aromatic rings. The molecule has 0 saturated carbocycles. The van der Waals surface area contributed by atoms with Gasteiger partial charge in [-0.3, -0.25) is 4.79 Å². The second-order valence-corrected chi connectivity index (χ2v) is 7.52. The number of carboxylic acid groups (broad SMARTS) is 1. The first kappa shape index (κ1) is 19.9. The summed E-state index contributed by atoms with van der Waals surface area (Å²) in [5.74, 6) is -1.79. The second kappa shape index (κ2) is 8.04. The zero-order valence-corrected chi connectivity index (χ0v) is 16.3. The van der Waals surface area contributed by atoms with E-state index in [0.717, 1.165) is 42.2 Å². The summed E-state index contributed by atoms with van der Waals surface area (Å²) in [6.45, 7) is 4.78. The van der Waals surface area contributed by atoms with Gasteiger partial charge in [-0.15, -0.1) is 0 Å². The minimum Gasteiger partial charge on any atom is -0.548 e. The highest BCUT2D eigenvalue weighted by Crippen LogP contribution is 2.32. The lowest BCUT2D eigenvalue weighted by Gasteiger charge is -2.23. The van der Waals surface area contributed by atoms with Crippen molar-refractivity contribution >= 4 is 22.8 Å². The number of fused-ring (bicyclic) bond motifs is 3. The molecular formula is C21H24NO6-. The molecule has 0 bridgehead atoms. The highest BCUT2D eigenvalue weighted by molar-refractivity contribution is 5.87. The van der Waals surface area contributed by atoms with Gasteiger partial charge in [-0.1, -0.05) is 13.8 Å². The minimum atomic E-state index is -1.34. The molecule has 1 atom stereocenters. The molecule has 1 aliphatic carbocycles. The normalized spacial score (nSPS) is 14.6. The van der Waals surface area contributed by atoms with Crippen LogP contribution < -0.4 is 20.8 Å². The molecule has 1 heterocycles. The van der Waals surface area contributed by atoms with Gasteiger partial charge in [-0.2, -0.15) is 0 Å². The van der Waals surface area contributed by atoms with Crippen molar-refractivity contribution in [1.82, 2.24) is 5.32 Å². The summed E-state index contributed by atoms with van der Waals surface area (Å²) >= 11 is 0. The van der Waals surface area contributed by atoms with E-state index >= 15 is 0 Å². The van der Waals surface area contributed by atoms with Crippen molar-refractivity contribution in [2.24, 2.45) is 5.92 Å². The third-order valence-corrected chi connectivity index (χ3v) is 5.19. The average Bonchev–Trinajstić information content (AvgIpc) is 2.66. The Bertz CT molecular complexity index is 975. The lowest BCUT2D eigenvalue weighted by Crippen LogP contribution is -2.51. The van der Waals surface area contributed by atoms with Crippen molar-refractivity contribution in [2.45, 2.75) is 52.5 Å². The Kier molecular flexibility index (Phi) is 5.72. The highest BCUT2D eigenvalue weighted by Gasteiger charge is 2.21. The molecule has 7 nitrogen and oxygen atoms in total. The Morgan fingerprint density at radius 1 is 1.21 bits per heavy atom. The van der Waals surface area contributed by atoms with Crippen LogP contribution in [0.4, 0.5) is 0 Å². The van der Waals surface area contributed by atoms with E-state index in [4.69, 9.17) is 9.15 Å². The summed E-state index contributed by atoms with van der Waals surface area (Å²) in [5.41, 5.74) is 2.59. The quantitative estimate of drug-likeness (QED) is 0.749. The van der Waals surface area contributed by atoms with Gasteiger partial charge in [0, 0.05) is 16.5 Å². The number of benzene rings is 1. The molecule has 28 heavy (non-hydrogen) atoms. The number of nitrogens with one attached hydrogen (secondary N) is 1. The summed E-state index contributed by atoms with van der Waals surface area (Å²) in [5, 5.41) is 14.4. The van der Waals surface area contributed by atoms with Crippen molar-refractivity contribution in [3.63, 3.8) is 0 Å². The summed E-state index contributed by atoms with van der Waals surface area (Å²) < 4.78 is 11.1. The molecule has 1 aromatic heterocycles. The SMILES string of the molecule is Cc1c(OCC(=O)N[C@H](C(=O)[O-])C(C)C)ccc2c3c(c(=O)oc12)CCCC3. The number of rotatable bonds is 6. The number of amides is 1. The van der Waals surface area contributed by atoms with Crippen molar-refractivity contribution in [3.05, 3.63) is 39.2 Å². The van der Waals surface area contributed by atoms with Crippen LogP contribution in [0, 0.1) is 12.8 Å².